The van der Waals surface area contributed by atoms with Crippen LogP contribution in [0.5, 0.6) is 0 Å². The lowest BCUT2D eigenvalue weighted by Gasteiger charge is -2.14. The summed E-state index contributed by atoms with van der Waals surface area (Å²) < 4.78 is 1.77. The number of aromatic nitrogens is 2. The molecule has 2 fully saturated rings. The van der Waals surface area contributed by atoms with Crippen molar-refractivity contribution in [1.29, 1.82) is 0 Å². The molecule has 2 atom stereocenters. The summed E-state index contributed by atoms with van der Waals surface area (Å²) in [6.07, 6.45) is 5.04. The third-order valence-electron chi connectivity index (χ3n) is 4.40. The minimum Gasteiger partial charge on any atom is -0.308 e. The molecule has 104 valence electrons. The summed E-state index contributed by atoms with van der Waals surface area (Å²) in [6, 6.07) is 0. The second-order valence-electron chi connectivity index (χ2n) is 6.16. The molecule has 2 saturated carbocycles. The van der Waals surface area contributed by atoms with E-state index in [4.69, 9.17) is 11.6 Å². The molecule has 0 aromatic carbocycles. The maximum absolute atomic E-state index is 12.6. The lowest BCUT2D eigenvalue weighted by molar-refractivity contribution is 0.0902. The molecule has 2 unspecified atom stereocenters. The van der Waals surface area contributed by atoms with Gasteiger partial charge in [0.05, 0.1) is 17.8 Å². The fourth-order valence-electron chi connectivity index (χ4n) is 3.19. The number of halogens is 1. The van der Waals surface area contributed by atoms with Crippen LogP contribution in [0, 0.1) is 17.8 Å². The lowest BCUT2D eigenvalue weighted by atomic mass is 9.96. The van der Waals surface area contributed by atoms with E-state index in [1.165, 1.54) is 6.42 Å². The Kier molecular flexibility index (Phi) is 3.39. The Balaban J connectivity index is 1.75. The second kappa shape index (κ2) is 4.91. The van der Waals surface area contributed by atoms with Crippen LogP contribution in [0.15, 0.2) is 6.20 Å². The Labute approximate surface area is 118 Å². The molecule has 3 rings (SSSR count). The molecule has 19 heavy (non-hydrogen) atoms. The third-order valence-corrected chi connectivity index (χ3v) is 4.68. The predicted octanol–water partition coefficient (Wildman–Crippen LogP) is 2.33. The maximum atomic E-state index is 12.6. The molecular formula is C14H20ClN3O. The molecule has 4 nitrogen and oxygen atoms in total. The van der Waals surface area contributed by atoms with Gasteiger partial charge in [-0.15, -0.1) is 0 Å². The molecule has 0 radical (unpaired) electrons. The summed E-state index contributed by atoms with van der Waals surface area (Å²) in [5.41, 5.74) is 0.620. The van der Waals surface area contributed by atoms with Gasteiger partial charge in [0.15, 0.2) is 5.78 Å². The van der Waals surface area contributed by atoms with Crippen molar-refractivity contribution in [2.45, 2.75) is 25.8 Å². The minimum absolute atomic E-state index is 0.177. The smallest absolute Gasteiger partial charge is 0.185 e. The highest BCUT2D eigenvalue weighted by Crippen LogP contribution is 2.55. The fourth-order valence-corrected chi connectivity index (χ4v) is 3.43. The summed E-state index contributed by atoms with van der Waals surface area (Å²) in [4.78, 5) is 14.7. The summed E-state index contributed by atoms with van der Waals surface area (Å²) >= 11 is 6.16. The monoisotopic (exact) mass is 281 g/mol. The van der Waals surface area contributed by atoms with Gasteiger partial charge in [0.1, 0.15) is 5.69 Å². The first kappa shape index (κ1) is 13.1. The highest BCUT2D eigenvalue weighted by molar-refractivity contribution is 6.33. The van der Waals surface area contributed by atoms with Gasteiger partial charge in [-0.2, -0.15) is 5.10 Å². The Morgan fingerprint density at radius 1 is 1.42 bits per heavy atom. The van der Waals surface area contributed by atoms with Gasteiger partial charge >= 0.3 is 0 Å². The Morgan fingerprint density at radius 2 is 2.11 bits per heavy atom. The minimum atomic E-state index is 0.177. The second-order valence-corrected chi connectivity index (χ2v) is 6.56. The molecule has 5 heteroatoms. The summed E-state index contributed by atoms with van der Waals surface area (Å²) in [5.74, 6) is 2.00. The number of likely N-dealkylation sites (N-methyl/N-ethyl adjacent to an activating group) is 1. The van der Waals surface area contributed by atoms with E-state index in [1.54, 1.807) is 10.9 Å². The number of ketones is 1. The van der Waals surface area contributed by atoms with Gasteiger partial charge in [0, 0.05) is 12.5 Å². The van der Waals surface area contributed by atoms with Crippen LogP contribution in [0.4, 0.5) is 0 Å². The molecular weight excluding hydrogens is 262 g/mol. The summed E-state index contributed by atoms with van der Waals surface area (Å²) in [6.45, 7) is 1.56. The van der Waals surface area contributed by atoms with E-state index in [0.717, 1.165) is 31.2 Å². The van der Waals surface area contributed by atoms with Crippen molar-refractivity contribution in [2.24, 2.45) is 17.8 Å². The zero-order chi connectivity index (χ0) is 13.6. The predicted molar refractivity (Wildman–Crippen MR) is 74.4 cm³/mol. The van der Waals surface area contributed by atoms with Gasteiger partial charge in [-0.05, 0) is 45.2 Å². The van der Waals surface area contributed by atoms with Crippen molar-refractivity contribution >= 4 is 17.4 Å². The molecule has 0 spiro atoms. The highest BCUT2D eigenvalue weighted by Gasteiger charge is 2.48. The van der Waals surface area contributed by atoms with Crippen molar-refractivity contribution in [3.05, 3.63) is 16.9 Å². The average Bonchev–Trinajstić information content (AvgIpc) is 2.82. The molecule has 1 aromatic heterocycles. The highest BCUT2D eigenvalue weighted by atomic mass is 35.5. The van der Waals surface area contributed by atoms with E-state index in [2.05, 4.69) is 10.00 Å². The normalized spacial score (nSPS) is 28.7. The number of hydrogen-bond acceptors (Lipinski definition) is 3. The topological polar surface area (TPSA) is 38.1 Å². The van der Waals surface area contributed by atoms with E-state index < -0.39 is 0 Å². The standard InChI is InChI=1S/C14H20ClN3O/c1-17(2)3-4-18-13(12(15)8-16-18)14(19)11-6-9-5-10(9)7-11/h8-11H,3-7H2,1-2H3. The molecule has 2 aliphatic carbocycles. The number of hydrogen-bond donors (Lipinski definition) is 0. The first-order valence-electron chi connectivity index (χ1n) is 6.96. The molecule has 0 N–H and O–H groups in total. The van der Waals surface area contributed by atoms with Gasteiger partial charge in [-0.1, -0.05) is 11.6 Å². The van der Waals surface area contributed by atoms with Crippen LogP contribution >= 0.6 is 11.6 Å². The number of Topliss-reactive ketones (excluding diaryl/α,β-unsaturated/α-hetero) is 1. The number of carbonyl (C=O) groups excluding carboxylic acids is 1. The van der Waals surface area contributed by atoms with Crippen molar-refractivity contribution in [3.63, 3.8) is 0 Å². The Bertz CT molecular complexity index is 487. The van der Waals surface area contributed by atoms with Crippen molar-refractivity contribution in [3.8, 4) is 0 Å². The molecule has 0 saturated heterocycles. The first-order chi connectivity index (χ1) is 9.06. The van der Waals surface area contributed by atoms with Gasteiger partial charge in [-0.3, -0.25) is 9.48 Å². The number of nitrogens with zero attached hydrogens (tertiary/aromatic N) is 3. The summed E-state index contributed by atoms with van der Waals surface area (Å²) in [7, 11) is 4.02. The Morgan fingerprint density at radius 3 is 2.74 bits per heavy atom. The van der Waals surface area contributed by atoms with Gasteiger partial charge < -0.3 is 4.90 Å². The lowest BCUT2D eigenvalue weighted by Crippen LogP contribution is -2.23. The quantitative estimate of drug-likeness (QED) is 0.778. The van der Waals surface area contributed by atoms with Crippen LogP contribution in [-0.2, 0) is 6.54 Å². The maximum Gasteiger partial charge on any atom is 0.185 e. The van der Waals surface area contributed by atoms with Gasteiger partial charge in [-0.25, -0.2) is 0 Å². The van der Waals surface area contributed by atoms with Crippen molar-refractivity contribution in [2.75, 3.05) is 20.6 Å². The molecule has 2 aliphatic rings. The first-order valence-corrected chi connectivity index (χ1v) is 7.34. The third kappa shape index (κ3) is 2.56. The molecule has 1 aromatic rings. The summed E-state index contributed by atoms with van der Waals surface area (Å²) in [5, 5.41) is 4.75. The molecule has 0 bridgehead atoms. The van der Waals surface area contributed by atoms with E-state index in [9.17, 15) is 4.79 Å². The van der Waals surface area contributed by atoms with Gasteiger partial charge in [0.2, 0.25) is 0 Å². The van der Waals surface area contributed by atoms with Crippen molar-refractivity contribution in [1.82, 2.24) is 14.7 Å². The molecule has 1 heterocycles. The van der Waals surface area contributed by atoms with Crippen LogP contribution in [0.2, 0.25) is 5.02 Å². The van der Waals surface area contributed by atoms with Crippen LogP contribution < -0.4 is 0 Å². The molecule has 0 amide bonds. The van der Waals surface area contributed by atoms with Crippen LogP contribution in [0.1, 0.15) is 29.8 Å². The van der Waals surface area contributed by atoms with Crippen LogP contribution in [-0.4, -0.2) is 41.1 Å². The van der Waals surface area contributed by atoms with E-state index in [0.29, 0.717) is 17.3 Å². The number of fused-ring (bicyclic) bond motifs is 1. The van der Waals surface area contributed by atoms with E-state index in [-0.39, 0.29) is 11.7 Å². The van der Waals surface area contributed by atoms with Crippen LogP contribution in [0.3, 0.4) is 0 Å². The van der Waals surface area contributed by atoms with E-state index in [1.807, 2.05) is 14.1 Å². The number of rotatable bonds is 5. The zero-order valence-electron chi connectivity index (χ0n) is 11.5. The molecule has 0 aliphatic heterocycles. The SMILES string of the molecule is CN(C)CCn1ncc(Cl)c1C(=O)C1CC2CC2C1. The fraction of sp³-hybridized carbons (Fsp3) is 0.714. The van der Waals surface area contributed by atoms with Gasteiger partial charge in [0.25, 0.3) is 0 Å². The zero-order valence-corrected chi connectivity index (χ0v) is 12.2. The average molecular weight is 282 g/mol. The van der Waals surface area contributed by atoms with Crippen molar-refractivity contribution < 1.29 is 4.79 Å². The van der Waals surface area contributed by atoms with E-state index >= 15 is 0 Å². The largest absolute Gasteiger partial charge is 0.308 e. The number of carbonyl (C=O) groups is 1. The van der Waals surface area contributed by atoms with Crippen LogP contribution in [0.25, 0.3) is 0 Å². The Hall–Kier alpha value is -0.870.